The van der Waals surface area contributed by atoms with Crippen LogP contribution in [-0.2, 0) is 4.79 Å². The van der Waals surface area contributed by atoms with E-state index >= 15 is 0 Å². The number of amides is 1. The van der Waals surface area contributed by atoms with Gasteiger partial charge < -0.3 is 15.8 Å². The molecular formula is C15H20N2O2S. The van der Waals surface area contributed by atoms with Crippen LogP contribution in [0.5, 0.6) is 5.75 Å². The lowest BCUT2D eigenvalue weighted by Gasteiger charge is -2.19. The Hall–Kier alpha value is -1.62. The second kappa shape index (κ2) is 6.70. The van der Waals surface area contributed by atoms with Crippen molar-refractivity contribution in [1.29, 1.82) is 0 Å². The van der Waals surface area contributed by atoms with Gasteiger partial charge in [-0.3, -0.25) is 4.79 Å². The first kappa shape index (κ1) is 14.8. The van der Waals surface area contributed by atoms with Crippen molar-refractivity contribution in [2.24, 2.45) is 5.73 Å². The zero-order valence-electron chi connectivity index (χ0n) is 11.6. The summed E-state index contributed by atoms with van der Waals surface area (Å²) in [5, 5.41) is 3.02. The predicted molar refractivity (Wildman–Crippen MR) is 82.8 cm³/mol. The van der Waals surface area contributed by atoms with Crippen LogP contribution < -0.4 is 15.8 Å². The highest BCUT2D eigenvalue weighted by Crippen LogP contribution is 2.20. The van der Waals surface area contributed by atoms with Crippen molar-refractivity contribution in [1.82, 2.24) is 5.32 Å². The molecule has 1 amide bonds. The van der Waals surface area contributed by atoms with Crippen molar-refractivity contribution >= 4 is 23.1 Å². The van der Waals surface area contributed by atoms with Gasteiger partial charge in [-0.15, -0.1) is 0 Å². The summed E-state index contributed by atoms with van der Waals surface area (Å²) in [5.74, 6) is 0.462. The van der Waals surface area contributed by atoms with Gasteiger partial charge in [0.05, 0.1) is 5.56 Å². The maximum Gasteiger partial charge on any atom is 0.260 e. The van der Waals surface area contributed by atoms with Crippen LogP contribution in [0.15, 0.2) is 24.3 Å². The van der Waals surface area contributed by atoms with Gasteiger partial charge in [-0.05, 0) is 31.9 Å². The molecule has 1 aromatic rings. The summed E-state index contributed by atoms with van der Waals surface area (Å²) in [5.41, 5.74) is 6.30. The number of carbonyl (C=O) groups excluding carboxylic acids is 1. The van der Waals surface area contributed by atoms with Gasteiger partial charge in [-0.1, -0.05) is 37.2 Å². The predicted octanol–water partition coefficient (Wildman–Crippen LogP) is 2.15. The van der Waals surface area contributed by atoms with Crippen molar-refractivity contribution in [3.8, 4) is 5.75 Å². The summed E-state index contributed by atoms with van der Waals surface area (Å²) in [6, 6.07) is 7.52. The molecule has 0 aliphatic heterocycles. The van der Waals surface area contributed by atoms with Crippen molar-refractivity contribution in [2.75, 3.05) is 0 Å². The van der Waals surface area contributed by atoms with E-state index in [0.29, 0.717) is 17.4 Å². The van der Waals surface area contributed by atoms with Gasteiger partial charge in [0.25, 0.3) is 5.91 Å². The highest BCUT2D eigenvalue weighted by molar-refractivity contribution is 7.80. The second-order valence-electron chi connectivity index (χ2n) is 5.11. The fourth-order valence-electron chi connectivity index (χ4n) is 2.41. The molecule has 2 rings (SSSR count). The molecule has 0 aromatic heterocycles. The van der Waals surface area contributed by atoms with Crippen molar-refractivity contribution in [2.45, 2.75) is 44.8 Å². The Bertz CT molecular complexity index is 498. The van der Waals surface area contributed by atoms with E-state index in [-0.39, 0.29) is 10.9 Å². The monoisotopic (exact) mass is 292 g/mol. The topological polar surface area (TPSA) is 64.3 Å². The smallest absolute Gasteiger partial charge is 0.260 e. The highest BCUT2D eigenvalue weighted by atomic mass is 32.1. The average molecular weight is 292 g/mol. The first-order valence-corrected chi connectivity index (χ1v) is 7.34. The minimum Gasteiger partial charge on any atom is -0.480 e. The molecule has 0 heterocycles. The number of para-hydroxylation sites is 1. The number of hydrogen-bond donors (Lipinski definition) is 2. The van der Waals surface area contributed by atoms with Gasteiger partial charge in [0.15, 0.2) is 6.10 Å². The number of carbonyl (C=O) groups is 1. The summed E-state index contributed by atoms with van der Waals surface area (Å²) < 4.78 is 5.70. The van der Waals surface area contributed by atoms with Gasteiger partial charge in [-0.2, -0.15) is 0 Å². The van der Waals surface area contributed by atoms with Crippen LogP contribution in [0.1, 0.15) is 38.2 Å². The Morgan fingerprint density at radius 2 is 2.05 bits per heavy atom. The minimum atomic E-state index is -0.564. The number of benzene rings is 1. The zero-order chi connectivity index (χ0) is 14.5. The fraction of sp³-hybridized carbons (Fsp3) is 0.467. The summed E-state index contributed by atoms with van der Waals surface area (Å²) in [4.78, 5) is 12.4. The van der Waals surface area contributed by atoms with Crippen molar-refractivity contribution in [3.63, 3.8) is 0 Å². The third-order valence-corrected chi connectivity index (χ3v) is 3.75. The molecule has 3 N–H and O–H groups in total. The number of rotatable bonds is 5. The molecule has 4 nitrogen and oxygen atoms in total. The standard InChI is InChI=1S/C15H20N2O2S/c1-10(15(18)17-11-6-2-3-7-11)19-13-9-5-4-8-12(13)14(16)20/h4-5,8-11H,2-3,6-7H2,1H3,(H2,16,20)(H,17,18). The SMILES string of the molecule is CC(Oc1ccccc1C(N)=S)C(=O)NC1CCCC1. The first-order chi connectivity index (χ1) is 9.58. The lowest BCUT2D eigenvalue weighted by molar-refractivity contribution is -0.127. The van der Waals surface area contributed by atoms with E-state index in [2.05, 4.69) is 5.32 Å². The van der Waals surface area contributed by atoms with Crippen molar-refractivity contribution in [3.05, 3.63) is 29.8 Å². The van der Waals surface area contributed by atoms with Crippen LogP contribution in [0.4, 0.5) is 0 Å². The number of thiocarbonyl (C=S) groups is 1. The van der Waals surface area contributed by atoms with E-state index in [9.17, 15) is 4.79 Å². The normalized spacial score (nSPS) is 16.6. The molecule has 1 aromatic carbocycles. The third kappa shape index (κ3) is 3.70. The van der Waals surface area contributed by atoms with E-state index in [1.54, 1.807) is 19.1 Å². The van der Waals surface area contributed by atoms with Gasteiger partial charge in [-0.25, -0.2) is 0 Å². The number of nitrogens with two attached hydrogens (primary N) is 1. The summed E-state index contributed by atoms with van der Waals surface area (Å²) >= 11 is 4.98. The molecule has 1 atom stereocenters. The Morgan fingerprint density at radius 3 is 2.70 bits per heavy atom. The molecule has 1 unspecified atom stereocenters. The Balaban J connectivity index is 1.98. The van der Waals surface area contributed by atoms with Crippen LogP contribution in [-0.4, -0.2) is 23.0 Å². The first-order valence-electron chi connectivity index (χ1n) is 6.94. The van der Waals surface area contributed by atoms with Gasteiger partial charge >= 0.3 is 0 Å². The second-order valence-corrected chi connectivity index (χ2v) is 5.55. The van der Waals surface area contributed by atoms with E-state index in [1.165, 1.54) is 12.8 Å². The Labute approximate surface area is 124 Å². The lowest BCUT2D eigenvalue weighted by Crippen LogP contribution is -2.41. The van der Waals surface area contributed by atoms with E-state index in [4.69, 9.17) is 22.7 Å². The molecule has 20 heavy (non-hydrogen) atoms. The number of hydrogen-bond acceptors (Lipinski definition) is 3. The molecule has 1 fully saturated rings. The molecule has 0 saturated heterocycles. The molecule has 0 bridgehead atoms. The number of ether oxygens (including phenoxy) is 1. The van der Waals surface area contributed by atoms with Crippen LogP contribution in [0.2, 0.25) is 0 Å². The molecule has 1 aliphatic rings. The van der Waals surface area contributed by atoms with E-state index in [1.807, 2.05) is 12.1 Å². The molecule has 1 saturated carbocycles. The van der Waals surface area contributed by atoms with E-state index in [0.717, 1.165) is 12.8 Å². The Morgan fingerprint density at radius 1 is 1.40 bits per heavy atom. The van der Waals surface area contributed by atoms with Crippen LogP contribution >= 0.6 is 12.2 Å². The lowest BCUT2D eigenvalue weighted by atomic mass is 10.2. The van der Waals surface area contributed by atoms with Gasteiger partial charge in [0, 0.05) is 6.04 Å². The molecule has 0 spiro atoms. The maximum atomic E-state index is 12.1. The quantitative estimate of drug-likeness (QED) is 0.816. The fourth-order valence-corrected chi connectivity index (χ4v) is 2.57. The van der Waals surface area contributed by atoms with Crippen molar-refractivity contribution < 1.29 is 9.53 Å². The summed E-state index contributed by atoms with van der Waals surface area (Å²) in [7, 11) is 0. The van der Waals surface area contributed by atoms with Crippen LogP contribution in [0.25, 0.3) is 0 Å². The summed E-state index contributed by atoms with van der Waals surface area (Å²) in [6.07, 6.45) is 3.92. The van der Waals surface area contributed by atoms with Gasteiger partial charge in [0.1, 0.15) is 10.7 Å². The molecule has 108 valence electrons. The summed E-state index contributed by atoms with van der Waals surface area (Å²) in [6.45, 7) is 1.74. The largest absolute Gasteiger partial charge is 0.480 e. The number of nitrogens with one attached hydrogen (secondary N) is 1. The highest BCUT2D eigenvalue weighted by Gasteiger charge is 2.22. The van der Waals surface area contributed by atoms with Crippen LogP contribution in [0, 0.1) is 0 Å². The minimum absolute atomic E-state index is 0.0883. The van der Waals surface area contributed by atoms with Crippen LogP contribution in [0.3, 0.4) is 0 Å². The molecule has 1 aliphatic carbocycles. The van der Waals surface area contributed by atoms with E-state index < -0.39 is 6.10 Å². The Kier molecular flexibility index (Phi) is 4.95. The zero-order valence-corrected chi connectivity index (χ0v) is 12.4. The third-order valence-electron chi connectivity index (χ3n) is 3.53. The molecule has 5 heteroatoms. The molecule has 0 radical (unpaired) electrons. The maximum absolute atomic E-state index is 12.1. The molecular weight excluding hydrogens is 272 g/mol. The van der Waals surface area contributed by atoms with Gasteiger partial charge in [0.2, 0.25) is 0 Å². The average Bonchev–Trinajstić information content (AvgIpc) is 2.91.